The lowest BCUT2D eigenvalue weighted by molar-refractivity contribution is 0.936. The van der Waals surface area contributed by atoms with Crippen LogP contribution in [0.15, 0.2) is 12.4 Å². The van der Waals surface area contributed by atoms with Gasteiger partial charge in [0.05, 0.1) is 11.6 Å². The smallest absolute Gasteiger partial charge is 0.183 e. The number of nitrogens with zero attached hydrogens (tertiary/aromatic N) is 2. The van der Waals surface area contributed by atoms with Gasteiger partial charge in [0.1, 0.15) is 0 Å². The summed E-state index contributed by atoms with van der Waals surface area (Å²) in [5, 5.41) is 5.45. The maximum atomic E-state index is 4.35. The molecule has 86 valence electrons. The second kappa shape index (κ2) is 5.41. The van der Waals surface area contributed by atoms with Crippen molar-refractivity contribution in [2.24, 2.45) is 0 Å². The van der Waals surface area contributed by atoms with Gasteiger partial charge in [-0.05, 0) is 13.3 Å². The topological polar surface area (TPSA) is 37.8 Å². The van der Waals surface area contributed by atoms with Gasteiger partial charge in [0, 0.05) is 22.1 Å². The SMILES string of the molecule is CCCc1cnc(NCc2cnc(C)s2)s1. The van der Waals surface area contributed by atoms with Crippen LogP contribution in [0.25, 0.3) is 0 Å². The predicted molar refractivity (Wildman–Crippen MR) is 70.3 cm³/mol. The summed E-state index contributed by atoms with van der Waals surface area (Å²) in [6.07, 6.45) is 6.19. The van der Waals surface area contributed by atoms with Crippen molar-refractivity contribution in [2.75, 3.05) is 5.32 Å². The van der Waals surface area contributed by atoms with Gasteiger partial charge in [-0.1, -0.05) is 13.3 Å². The molecule has 5 heteroatoms. The van der Waals surface area contributed by atoms with Crippen molar-refractivity contribution >= 4 is 27.8 Å². The van der Waals surface area contributed by atoms with Crippen molar-refractivity contribution in [1.29, 1.82) is 0 Å². The van der Waals surface area contributed by atoms with Crippen LogP contribution in [0.3, 0.4) is 0 Å². The summed E-state index contributed by atoms with van der Waals surface area (Å²) in [4.78, 5) is 11.2. The number of aromatic nitrogens is 2. The number of rotatable bonds is 5. The molecule has 0 aromatic carbocycles. The summed E-state index contributed by atoms with van der Waals surface area (Å²) in [6, 6.07) is 0. The van der Waals surface area contributed by atoms with Crippen LogP contribution < -0.4 is 5.32 Å². The zero-order valence-electron chi connectivity index (χ0n) is 9.49. The Kier molecular flexibility index (Phi) is 3.90. The highest BCUT2D eigenvalue weighted by atomic mass is 32.1. The van der Waals surface area contributed by atoms with E-state index in [1.807, 2.05) is 19.3 Å². The normalized spacial score (nSPS) is 10.6. The first-order valence-electron chi connectivity index (χ1n) is 5.38. The Bertz CT molecular complexity index is 448. The Hall–Kier alpha value is -0.940. The molecule has 0 unspecified atom stereocenters. The molecular formula is C11H15N3S2. The van der Waals surface area contributed by atoms with E-state index in [1.165, 1.54) is 16.2 Å². The molecule has 16 heavy (non-hydrogen) atoms. The van der Waals surface area contributed by atoms with Crippen molar-refractivity contribution in [3.8, 4) is 0 Å². The van der Waals surface area contributed by atoms with E-state index in [0.29, 0.717) is 0 Å². The van der Waals surface area contributed by atoms with Crippen LogP contribution in [0, 0.1) is 6.92 Å². The van der Waals surface area contributed by atoms with E-state index in [0.717, 1.165) is 23.1 Å². The average Bonchev–Trinajstić information content (AvgIpc) is 2.85. The van der Waals surface area contributed by atoms with E-state index in [9.17, 15) is 0 Å². The van der Waals surface area contributed by atoms with E-state index in [-0.39, 0.29) is 0 Å². The lowest BCUT2D eigenvalue weighted by atomic mass is 10.3. The van der Waals surface area contributed by atoms with Gasteiger partial charge in [0.15, 0.2) is 5.13 Å². The first kappa shape index (κ1) is 11.5. The molecule has 2 aromatic heterocycles. The number of nitrogens with one attached hydrogen (secondary N) is 1. The van der Waals surface area contributed by atoms with Crippen molar-refractivity contribution in [3.05, 3.63) is 27.2 Å². The summed E-state index contributed by atoms with van der Waals surface area (Å²) in [5.74, 6) is 0. The van der Waals surface area contributed by atoms with Gasteiger partial charge in [0.25, 0.3) is 0 Å². The minimum Gasteiger partial charge on any atom is -0.357 e. The summed E-state index contributed by atoms with van der Waals surface area (Å²) < 4.78 is 0. The number of hydrogen-bond donors (Lipinski definition) is 1. The van der Waals surface area contributed by atoms with E-state index in [4.69, 9.17) is 0 Å². The van der Waals surface area contributed by atoms with E-state index < -0.39 is 0 Å². The van der Waals surface area contributed by atoms with Crippen LogP contribution >= 0.6 is 22.7 Å². The lowest BCUT2D eigenvalue weighted by Gasteiger charge is -1.97. The molecule has 0 aliphatic heterocycles. The zero-order valence-corrected chi connectivity index (χ0v) is 11.1. The third-order valence-corrected chi connectivity index (χ3v) is 4.06. The molecule has 0 saturated heterocycles. The highest BCUT2D eigenvalue weighted by Crippen LogP contribution is 2.21. The molecule has 0 aliphatic rings. The molecule has 2 aromatic rings. The molecule has 0 radical (unpaired) electrons. The number of hydrogen-bond acceptors (Lipinski definition) is 5. The van der Waals surface area contributed by atoms with Crippen LogP contribution in [0.2, 0.25) is 0 Å². The molecule has 2 rings (SSSR count). The Labute approximate surface area is 104 Å². The Balaban J connectivity index is 1.89. The largest absolute Gasteiger partial charge is 0.357 e. The summed E-state index contributed by atoms with van der Waals surface area (Å²) in [5.41, 5.74) is 0. The maximum Gasteiger partial charge on any atom is 0.183 e. The standard InChI is InChI=1S/C11H15N3S2/c1-3-4-9-5-13-11(16-9)14-7-10-6-12-8(2)15-10/h5-6H,3-4,7H2,1-2H3,(H,13,14). The van der Waals surface area contributed by atoms with Gasteiger partial charge >= 0.3 is 0 Å². The molecule has 0 saturated carbocycles. The molecule has 3 nitrogen and oxygen atoms in total. The minimum absolute atomic E-state index is 0.824. The minimum atomic E-state index is 0.824. The van der Waals surface area contributed by atoms with Crippen molar-refractivity contribution in [2.45, 2.75) is 33.2 Å². The van der Waals surface area contributed by atoms with Crippen LogP contribution in [-0.4, -0.2) is 9.97 Å². The molecule has 0 fully saturated rings. The van der Waals surface area contributed by atoms with Crippen LogP contribution in [0.1, 0.15) is 28.1 Å². The molecule has 2 heterocycles. The van der Waals surface area contributed by atoms with Gasteiger partial charge in [-0.3, -0.25) is 0 Å². The zero-order chi connectivity index (χ0) is 11.4. The van der Waals surface area contributed by atoms with Gasteiger partial charge in [0.2, 0.25) is 0 Å². The average molecular weight is 253 g/mol. The second-order valence-electron chi connectivity index (χ2n) is 3.58. The fraction of sp³-hybridized carbons (Fsp3) is 0.455. The number of anilines is 1. The van der Waals surface area contributed by atoms with Crippen LogP contribution in [0.5, 0.6) is 0 Å². The molecule has 0 atom stereocenters. The van der Waals surface area contributed by atoms with Crippen molar-refractivity contribution in [1.82, 2.24) is 9.97 Å². The van der Waals surface area contributed by atoms with Crippen molar-refractivity contribution < 1.29 is 0 Å². The fourth-order valence-electron chi connectivity index (χ4n) is 1.40. The third-order valence-electron chi connectivity index (χ3n) is 2.13. The molecular weight excluding hydrogens is 238 g/mol. The Morgan fingerprint density at radius 3 is 2.69 bits per heavy atom. The van der Waals surface area contributed by atoms with Gasteiger partial charge < -0.3 is 5.32 Å². The molecule has 0 bridgehead atoms. The van der Waals surface area contributed by atoms with E-state index in [2.05, 4.69) is 22.2 Å². The van der Waals surface area contributed by atoms with Crippen LogP contribution in [-0.2, 0) is 13.0 Å². The van der Waals surface area contributed by atoms with Crippen LogP contribution in [0.4, 0.5) is 5.13 Å². The first-order chi connectivity index (χ1) is 7.78. The lowest BCUT2D eigenvalue weighted by Crippen LogP contribution is -1.95. The fourth-order valence-corrected chi connectivity index (χ4v) is 3.05. The number of thiazole rings is 2. The Morgan fingerprint density at radius 1 is 1.19 bits per heavy atom. The molecule has 0 spiro atoms. The third kappa shape index (κ3) is 3.02. The summed E-state index contributed by atoms with van der Waals surface area (Å²) in [7, 11) is 0. The maximum absolute atomic E-state index is 4.35. The highest BCUT2D eigenvalue weighted by molar-refractivity contribution is 7.15. The van der Waals surface area contributed by atoms with E-state index in [1.54, 1.807) is 22.7 Å². The Morgan fingerprint density at radius 2 is 2.00 bits per heavy atom. The first-order valence-corrected chi connectivity index (χ1v) is 7.01. The van der Waals surface area contributed by atoms with Gasteiger partial charge in [-0.2, -0.15) is 0 Å². The summed E-state index contributed by atoms with van der Waals surface area (Å²) >= 11 is 3.47. The predicted octanol–water partition coefficient (Wildman–Crippen LogP) is 3.47. The quantitative estimate of drug-likeness (QED) is 0.886. The summed E-state index contributed by atoms with van der Waals surface area (Å²) in [6.45, 7) is 5.04. The second-order valence-corrected chi connectivity index (χ2v) is 6.02. The molecule has 0 aliphatic carbocycles. The highest BCUT2D eigenvalue weighted by Gasteiger charge is 2.02. The monoisotopic (exact) mass is 253 g/mol. The van der Waals surface area contributed by atoms with Gasteiger partial charge in [-0.25, -0.2) is 9.97 Å². The molecule has 1 N–H and O–H groups in total. The van der Waals surface area contributed by atoms with Crippen molar-refractivity contribution in [3.63, 3.8) is 0 Å². The van der Waals surface area contributed by atoms with E-state index >= 15 is 0 Å². The number of aryl methyl sites for hydroxylation is 2. The van der Waals surface area contributed by atoms with Gasteiger partial charge in [-0.15, -0.1) is 22.7 Å². The molecule has 0 amide bonds.